The highest BCUT2D eigenvalue weighted by Gasteiger charge is 2.24. The summed E-state index contributed by atoms with van der Waals surface area (Å²) in [6.07, 6.45) is 0.654. The zero-order valence-electron chi connectivity index (χ0n) is 16.4. The van der Waals surface area contributed by atoms with E-state index in [-0.39, 0.29) is 31.0 Å². The second kappa shape index (κ2) is 8.45. The van der Waals surface area contributed by atoms with E-state index in [0.29, 0.717) is 25.4 Å². The first kappa shape index (κ1) is 19.1. The van der Waals surface area contributed by atoms with Crippen molar-refractivity contribution in [2.24, 2.45) is 0 Å². The van der Waals surface area contributed by atoms with Crippen LogP contribution in [0.15, 0.2) is 48.5 Å². The molecule has 0 fully saturated rings. The molecule has 4 rings (SSSR count). The number of fused-ring (bicyclic) bond motifs is 2. The molecule has 2 heterocycles. The van der Waals surface area contributed by atoms with Crippen molar-refractivity contribution in [3.8, 4) is 0 Å². The van der Waals surface area contributed by atoms with E-state index in [0.717, 1.165) is 11.0 Å². The zero-order valence-corrected chi connectivity index (χ0v) is 16.4. The molecule has 7 heteroatoms. The first-order valence-electron chi connectivity index (χ1n) is 9.83. The van der Waals surface area contributed by atoms with Gasteiger partial charge in [-0.15, -0.1) is 0 Å². The second-order valence-electron chi connectivity index (χ2n) is 7.03. The molecule has 0 saturated heterocycles. The molecule has 2 N–H and O–H groups in total. The Morgan fingerprint density at radius 2 is 1.93 bits per heavy atom. The summed E-state index contributed by atoms with van der Waals surface area (Å²) in [7, 11) is 0. The summed E-state index contributed by atoms with van der Waals surface area (Å²) in [6, 6.07) is 15.5. The molecular formula is C22H24N4O3. The summed E-state index contributed by atoms with van der Waals surface area (Å²) < 4.78 is 6.89. The van der Waals surface area contributed by atoms with E-state index in [2.05, 4.69) is 27.8 Å². The van der Waals surface area contributed by atoms with Crippen molar-refractivity contribution in [2.75, 3.05) is 6.61 Å². The molecule has 0 saturated carbocycles. The van der Waals surface area contributed by atoms with Crippen LogP contribution in [0.2, 0.25) is 0 Å². The lowest BCUT2D eigenvalue weighted by Gasteiger charge is -2.25. The maximum atomic E-state index is 12.7. The van der Waals surface area contributed by atoms with Crippen LogP contribution >= 0.6 is 0 Å². The van der Waals surface area contributed by atoms with Crippen LogP contribution < -0.4 is 10.6 Å². The number of ether oxygens (including phenoxy) is 1. The van der Waals surface area contributed by atoms with Gasteiger partial charge < -0.3 is 19.9 Å². The fourth-order valence-corrected chi connectivity index (χ4v) is 3.70. The molecule has 0 spiro atoms. The van der Waals surface area contributed by atoms with E-state index >= 15 is 0 Å². The molecule has 1 atom stereocenters. The SMILES string of the molecule is CCOC(=O)Cn1c(CNC(=O)[C@@H]2Cc3ccccc3CN2)nc2ccccc21. The third kappa shape index (κ3) is 4.14. The standard InChI is InChI=1S/C22H24N4O3/c1-2-29-21(27)14-26-19-10-6-5-9-17(19)25-20(26)13-24-22(28)18-11-15-7-3-4-8-16(15)12-23-18/h3-10,18,23H,2,11-14H2,1H3,(H,24,28)/t18-/m0/s1. The molecule has 150 valence electrons. The van der Waals surface area contributed by atoms with Crippen molar-refractivity contribution in [3.63, 3.8) is 0 Å². The van der Waals surface area contributed by atoms with Gasteiger partial charge in [0.1, 0.15) is 12.4 Å². The maximum Gasteiger partial charge on any atom is 0.326 e. The minimum atomic E-state index is -0.325. The molecule has 0 bridgehead atoms. The first-order chi connectivity index (χ1) is 14.2. The Morgan fingerprint density at radius 1 is 1.17 bits per heavy atom. The van der Waals surface area contributed by atoms with Crippen LogP contribution in [0.5, 0.6) is 0 Å². The number of hydrogen-bond acceptors (Lipinski definition) is 5. The van der Waals surface area contributed by atoms with Crippen LogP contribution in [-0.2, 0) is 40.4 Å². The number of hydrogen-bond donors (Lipinski definition) is 2. The van der Waals surface area contributed by atoms with Crippen LogP contribution in [0.3, 0.4) is 0 Å². The summed E-state index contributed by atoms with van der Waals surface area (Å²) in [6.45, 7) is 3.09. The predicted octanol–water partition coefficient (Wildman–Crippen LogP) is 1.93. The molecule has 29 heavy (non-hydrogen) atoms. The first-order valence-corrected chi connectivity index (χ1v) is 9.83. The van der Waals surface area contributed by atoms with Crippen molar-refractivity contribution in [2.45, 2.75) is 39.0 Å². The number of benzene rings is 2. The van der Waals surface area contributed by atoms with Crippen LogP contribution in [0.4, 0.5) is 0 Å². The summed E-state index contributed by atoms with van der Waals surface area (Å²) >= 11 is 0. The number of aromatic nitrogens is 2. The van der Waals surface area contributed by atoms with Crippen molar-refractivity contribution in [1.82, 2.24) is 20.2 Å². The normalized spacial score (nSPS) is 15.7. The highest BCUT2D eigenvalue weighted by molar-refractivity contribution is 5.83. The van der Waals surface area contributed by atoms with Gasteiger partial charge in [0.2, 0.25) is 5.91 Å². The van der Waals surface area contributed by atoms with Crippen LogP contribution in [0, 0.1) is 0 Å². The monoisotopic (exact) mass is 392 g/mol. The minimum absolute atomic E-state index is 0.0641. The minimum Gasteiger partial charge on any atom is -0.465 e. The molecular weight excluding hydrogens is 368 g/mol. The number of imidazole rings is 1. The Labute approximate surface area is 169 Å². The number of esters is 1. The van der Waals surface area contributed by atoms with E-state index < -0.39 is 0 Å². The molecule has 0 unspecified atom stereocenters. The summed E-state index contributed by atoms with van der Waals surface area (Å²) in [5, 5.41) is 6.26. The Bertz CT molecular complexity index is 1040. The number of carbonyl (C=O) groups is 2. The Morgan fingerprint density at radius 3 is 2.76 bits per heavy atom. The van der Waals surface area contributed by atoms with Gasteiger partial charge in [0.05, 0.1) is 30.2 Å². The second-order valence-corrected chi connectivity index (χ2v) is 7.03. The zero-order chi connectivity index (χ0) is 20.2. The number of amides is 1. The molecule has 1 aromatic heterocycles. The van der Waals surface area contributed by atoms with Crippen molar-refractivity contribution in [3.05, 3.63) is 65.5 Å². The van der Waals surface area contributed by atoms with Crippen LogP contribution in [0.1, 0.15) is 23.9 Å². The molecule has 2 aromatic carbocycles. The van der Waals surface area contributed by atoms with Crippen molar-refractivity contribution in [1.29, 1.82) is 0 Å². The van der Waals surface area contributed by atoms with Gasteiger partial charge >= 0.3 is 5.97 Å². The van der Waals surface area contributed by atoms with E-state index in [1.165, 1.54) is 11.1 Å². The predicted molar refractivity (Wildman–Crippen MR) is 109 cm³/mol. The Kier molecular flexibility index (Phi) is 5.57. The van der Waals surface area contributed by atoms with Crippen molar-refractivity contribution < 1.29 is 14.3 Å². The van der Waals surface area contributed by atoms with Gasteiger partial charge in [0.25, 0.3) is 0 Å². The Hall–Kier alpha value is -3.19. The molecule has 0 aliphatic carbocycles. The lowest BCUT2D eigenvalue weighted by atomic mass is 9.95. The van der Waals surface area contributed by atoms with Crippen molar-refractivity contribution >= 4 is 22.9 Å². The third-order valence-electron chi connectivity index (χ3n) is 5.14. The lowest BCUT2D eigenvalue weighted by molar-refractivity contribution is -0.143. The number of nitrogens with one attached hydrogen (secondary N) is 2. The van der Waals surface area contributed by atoms with Gasteiger partial charge in [-0.25, -0.2) is 4.98 Å². The summed E-state index contributed by atoms with van der Waals surface area (Å²) in [5.41, 5.74) is 4.05. The number of para-hydroxylation sites is 2. The van der Waals surface area contributed by atoms with E-state index in [9.17, 15) is 9.59 Å². The Balaban J connectivity index is 1.48. The van der Waals surface area contributed by atoms with Gasteiger partial charge in [-0.1, -0.05) is 36.4 Å². The van der Waals surface area contributed by atoms with Crippen LogP contribution in [-0.4, -0.2) is 34.1 Å². The van der Waals surface area contributed by atoms with Gasteiger partial charge in [-0.05, 0) is 36.6 Å². The maximum absolute atomic E-state index is 12.7. The summed E-state index contributed by atoms with van der Waals surface area (Å²) in [4.78, 5) is 29.4. The molecule has 1 amide bonds. The van der Waals surface area contributed by atoms with Gasteiger partial charge in [-0.2, -0.15) is 0 Å². The fraction of sp³-hybridized carbons (Fsp3) is 0.318. The number of rotatable bonds is 6. The third-order valence-corrected chi connectivity index (χ3v) is 5.14. The molecule has 1 aliphatic heterocycles. The molecule has 1 aliphatic rings. The number of carbonyl (C=O) groups excluding carboxylic acids is 2. The number of nitrogens with zero attached hydrogens (tertiary/aromatic N) is 2. The smallest absolute Gasteiger partial charge is 0.326 e. The van der Waals surface area contributed by atoms with E-state index in [4.69, 9.17) is 4.74 Å². The molecule has 0 radical (unpaired) electrons. The van der Waals surface area contributed by atoms with E-state index in [1.54, 1.807) is 11.5 Å². The van der Waals surface area contributed by atoms with Gasteiger partial charge in [0, 0.05) is 6.54 Å². The summed E-state index contributed by atoms with van der Waals surface area (Å²) in [5.74, 6) is 0.229. The van der Waals surface area contributed by atoms with Gasteiger partial charge in [0.15, 0.2) is 0 Å². The molecule has 3 aromatic rings. The molecule has 7 nitrogen and oxygen atoms in total. The topological polar surface area (TPSA) is 85.2 Å². The lowest BCUT2D eigenvalue weighted by Crippen LogP contribution is -2.47. The highest BCUT2D eigenvalue weighted by atomic mass is 16.5. The van der Waals surface area contributed by atoms with Gasteiger partial charge in [-0.3, -0.25) is 9.59 Å². The fourth-order valence-electron chi connectivity index (χ4n) is 3.70. The highest BCUT2D eigenvalue weighted by Crippen LogP contribution is 2.18. The quantitative estimate of drug-likeness (QED) is 0.626. The average molecular weight is 392 g/mol. The average Bonchev–Trinajstić information content (AvgIpc) is 3.09. The largest absolute Gasteiger partial charge is 0.465 e. The van der Waals surface area contributed by atoms with E-state index in [1.807, 2.05) is 36.4 Å². The van der Waals surface area contributed by atoms with Crippen LogP contribution in [0.25, 0.3) is 11.0 Å².